The second-order valence-corrected chi connectivity index (χ2v) is 8.30. The quantitative estimate of drug-likeness (QED) is 0.648. The van der Waals surface area contributed by atoms with Crippen molar-refractivity contribution >= 4 is 6.09 Å². The first-order valence-electron chi connectivity index (χ1n) is 10.5. The van der Waals surface area contributed by atoms with Gasteiger partial charge in [-0.1, -0.05) is 24.3 Å². The van der Waals surface area contributed by atoms with Crippen molar-refractivity contribution in [3.05, 3.63) is 65.5 Å². The van der Waals surface area contributed by atoms with E-state index in [-0.39, 0.29) is 24.0 Å². The van der Waals surface area contributed by atoms with E-state index in [1.54, 1.807) is 17.0 Å². The van der Waals surface area contributed by atoms with Crippen LogP contribution in [0.5, 0.6) is 5.75 Å². The Kier molecular flexibility index (Phi) is 6.28. The molecule has 2 aliphatic rings. The standard InChI is InChI=1S/C23H24F4N2O3/c24-19-7-2-16(3-8-19)1-6-18-13-28-12-11-22(18)15-29(21(30)32-22)14-17-4-9-20(10-5-17)31-23(25,26)27/h2-5,7-10,18,28H,1,6,11-15H2. The zero-order valence-corrected chi connectivity index (χ0v) is 17.3. The van der Waals surface area contributed by atoms with Gasteiger partial charge in [0.05, 0.1) is 6.54 Å². The minimum absolute atomic E-state index is 0.0952. The molecular weight excluding hydrogens is 428 g/mol. The van der Waals surface area contributed by atoms with Gasteiger partial charge in [0.1, 0.15) is 17.2 Å². The number of hydrogen-bond acceptors (Lipinski definition) is 4. The molecule has 32 heavy (non-hydrogen) atoms. The van der Waals surface area contributed by atoms with Gasteiger partial charge in [0.15, 0.2) is 0 Å². The molecule has 1 spiro atoms. The van der Waals surface area contributed by atoms with Gasteiger partial charge in [-0.3, -0.25) is 4.90 Å². The summed E-state index contributed by atoms with van der Waals surface area (Å²) >= 11 is 0. The number of alkyl halides is 3. The molecule has 0 aliphatic carbocycles. The summed E-state index contributed by atoms with van der Waals surface area (Å²) in [4.78, 5) is 14.2. The highest BCUT2D eigenvalue weighted by Crippen LogP contribution is 2.38. The van der Waals surface area contributed by atoms with Crippen molar-refractivity contribution in [1.82, 2.24) is 10.2 Å². The maximum absolute atomic E-state index is 13.2. The van der Waals surface area contributed by atoms with Crippen LogP contribution in [0.2, 0.25) is 0 Å². The summed E-state index contributed by atoms with van der Waals surface area (Å²) in [6.07, 6.45) is -2.96. The average Bonchev–Trinajstić information content (AvgIpc) is 3.04. The predicted molar refractivity (Wildman–Crippen MR) is 108 cm³/mol. The lowest BCUT2D eigenvalue weighted by atomic mass is 9.78. The van der Waals surface area contributed by atoms with E-state index in [4.69, 9.17) is 4.74 Å². The van der Waals surface area contributed by atoms with E-state index in [1.165, 1.54) is 36.4 Å². The molecule has 4 rings (SSSR count). The van der Waals surface area contributed by atoms with Gasteiger partial charge in [-0.2, -0.15) is 0 Å². The topological polar surface area (TPSA) is 50.8 Å². The number of carbonyl (C=O) groups excluding carboxylic acids is 1. The van der Waals surface area contributed by atoms with Gasteiger partial charge in [0.2, 0.25) is 0 Å². The van der Waals surface area contributed by atoms with E-state index in [9.17, 15) is 22.4 Å². The fourth-order valence-electron chi connectivity index (χ4n) is 4.46. The van der Waals surface area contributed by atoms with Gasteiger partial charge < -0.3 is 14.8 Å². The molecule has 2 aliphatic heterocycles. The van der Waals surface area contributed by atoms with E-state index < -0.39 is 18.1 Å². The number of ether oxygens (including phenoxy) is 2. The monoisotopic (exact) mass is 452 g/mol. The normalized spacial score (nSPS) is 23.4. The number of carbonyl (C=O) groups is 1. The molecule has 1 amide bonds. The number of piperidine rings is 1. The van der Waals surface area contributed by atoms with Crippen molar-refractivity contribution in [2.45, 2.75) is 37.8 Å². The van der Waals surface area contributed by atoms with Crippen LogP contribution < -0.4 is 10.1 Å². The van der Waals surface area contributed by atoms with Crippen molar-refractivity contribution in [3.63, 3.8) is 0 Å². The maximum Gasteiger partial charge on any atom is 0.573 e. The van der Waals surface area contributed by atoms with Crippen LogP contribution in [0, 0.1) is 11.7 Å². The van der Waals surface area contributed by atoms with Crippen LogP contribution in [-0.2, 0) is 17.7 Å². The largest absolute Gasteiger partial charge is 0.573 e. The summed E-state index contributed by atoms with van der Waals surface area (Å²) in [5.74, 6) is -0.485. The summed E-state index contributed by atoms with van der Waals surface area (Å²) < 4.78 is 59.9. The Morgan fingerprint density at radius 2 is 1.78 bits per heavy atom. The first kappa shape index (κ1) is 22.4. The Morgan fingerprint density at radius 1 is 1.09 bits per heavy atom. The smallest absolute Gasteiger partial charge is 0.440 e. The molecule has 0 aromatic heterocycles. The molecule has 0 radical (unpaired) electrons. The van der Waals surface area contributed by atoms with Crippen molar-refractivity contribution in [2.24, 2.45) is 5.92 Å². The second-order valence-electron chi connectivity index (χ2n) is 8.30. The van der Waals surface area contributed by atoms with Gasteiger partial charge >= 0.3 is 12.5 Å². The highest BCUT2D eigenvalue weighted by molar-refractivity contribution is 5.71. The molecule has 172 valence electrons. The van der Waals surface area contributed by atoms with Gasteiger partial charge in [-0.25, -0.2) is 9.18 Å². The van der Waals surface area contributed by atoms with Gasteiger partial charge in [-0.15, -0.1) is 13.2 Å². The van der Waals surface area contributed by atoms with E-state index in [2.05, 4.69) is 10.1 Å². The Morgan fingerprint density at radius 3 is 2.47 bits per heavy atom. The number of amides is 1. The molecule has 0 saturated carbocycles. The fraction of sp³-hybridized carbons (Fsp3) is 0.435. The maximum atomic E-state index is 13.2. The Bertz CT molecular complexity index is 934. The van der Waals surface area contributed by atoms with Crippen LogP contribution in [0.1, 0.15) is 24.0 Å². The molecule has 0 bridgehead atoms. The lowest BCUT2D eigenvalue weighted by molar-refractivity contribution is -0.274. The van der Waals surface area contributed by atoms with E-state index in [1.807, 2.05) is 0 Å². The van der Waals surface area contributed by atoms with Gasteiger partial charge in [0, 0.05) is 25.4 Å². The van der Waals surface area contributed by atoms with Crippen molar-refractivity contribution in [2.75, 3.05) is 19.6 Å². The Hall–Kier alpha value is -2.81. The van der Waals surface area contributed by atoms with E-state index >= 15 is 0 Å². The number of halogens is 4. The third kappa shape index (κ3) is 5.32. The zero-order chi connectivity index (χ0) is 22.8. The molecular formula is C23H24F4N2O3. The number of rotatable bonds is 6. The fourth-order valence-corrected chi connectivity index (χ4v) is 4.46. The van der Waals surface area contributed by atoms with Crippen molar-refractivity contribution < 1.29 is 31.8 Å². The average molecular weight is 452 g/mol. The van der Waals surface area contributed by atoms with Crippen LogP contribution in [0.15, 0.2) is 48.5 Å². The molecule has 2 aromatic rings. The minimum Gasteiger partial charge on any atom is -0.440 e. The molecule has 1 N–H and O–H groups in total. The Labute approximate surface area is 183 Å². The van der Waals surface area contributed by atoms with E-state index in [0.29, 0.717) is 25.1 Å². The first-order chi connectivity index (χ1) is 15.2. The highest BCUT2D eigenvalue weighted by Gasteiger charge is 2.51. The van der Waals surface area contributed by atoms with Gasteiger partial charge in [0.25, 0.3) is 0 Å². The molecule has 2 atom stereocenters. The molecule has 5 nitrogen and oxygen atoms in total. The van der Waals surface area contributed by atoms with Crippen molar-refractivity contribution in [3.8, 4) is 5.75 Å². The molecule has 2 heterocycles. The second kappa shape index (κ2) is 8.97. The highest BCUT2D eigenvalue weighted by atomic mass is 19.4. The molecule has 2 unspecified atom stereocenters. The summed E-state index contributed by atoms with van der Waals surface area (Å²) in [5, 5.41) is 3.36. The van der Waals surface area contributed by atoms with Crippen LogP contribution >= 0.6 is 0 Å². The first-order valence-corrected chi connectivity index (χ1v) is 10.5. The van der Waals surface area contributed by atoms with Gasteiger partial charge in [-0.05, 0) is 54.8 Å². The molecule has 9 heteroatoms. The molecule has 2 fully saturated rings. The number of nitrogens with one attached hydrogen (secondary N) is 1. The third-order valence-corrected chi connectivity index (χ3v) is 6.09. The third-order valence-electron chi connectivity index (χ3n) is 6.09. The van der Waals surface area contributed by atoms with Crippen LogP contribution in [0.4, 0.5) is 22.4 Å². The summed E-state index contributed by atoms with van der Waals surface area (Å²) in [5.41, 5.74) is 1.10. The Balaban J connectivity index is 1.40. The number of nitrogens with zero attached hydrogens (tertiary/aromatic N) is 1. The number of hydrogen-bond donors (Lipinski definition) is 1. The van der Waals surface area contributed by atoms with Crippen LogP contribution in [0.25, 0.3) is 0 Å². The molecule has 2 aromatic carbocycles. The lowest BCUT2D eigenvalue weighted by Crippen LogP contribution is -2.52. The SMILES string of the molecule is O=C1OC2(CCNCC2CCc2ccc(F)cc2)CN1Cc1ccc(OC(F)(F)F)cc1. The number of benzene rings is 2. The summed E-state index contributed by atoms with van der Waals surface area (Å²) in [6.45, 7) is 2.11. The van der Waals surface area contributed by atoms with Crippen LogP contribution in [0.3, 0.4) is 0 Å². The van der Waals surface area contributed by atoms with Crippen LogP contribution in [-0.4, -0.2) is 42.6 Å². The van der Waals surface area contributed by atoms with E-state index in [0.717, 1.165) is 24.9 Å². The summed E-state index contributed by atoms with van der Waals surface area (Å²) in [7, 11) is 0. The number of aryl methyl sites for hydroxylation is 1. The lowest BCUT2D eigenvalue weighted by Gasteiger charge is -2.39. The molecule has 2 saturated heterocycles. The predicted octanol–water partition coefficient (Wildman–Crippen LogP) is 4.66. The minimum atomic E-state index is -4.75. The summed E-state index contributed by atoms with van der Waals surface area (Å²) in [6, 6.07) is 11.9. The zero-order valence-electron chi connectivity index (χ0n) is 17.3. The van der Waals surface area contributed by atoms with Crippen molar-refractivity contribution in [1.29, 1.82) is 0 Å².